The van der Waals surface area contributed by atoms with Gasteiger partial charge in [-0.05, 0) is 30.3 Å². The molecule has 2 aromatic carbocycles. The van der Waals surface area contributed by atoms with Crippen LogP contribution in [0.3, 0.4) is 0 Å². The molecular formula is C33H30ClFN6O6S. The number of amidine groups is 1. The smallest absolute Gasteiger partial charge is 0.339 e. The van der Waals surface area contributed by atoms with Crippen molar-refractivity contribution in [3.63, 3.8) is 0 Å². The number of benzene rings is 2. The van der Waals surface area contributed by atoms with Gasteiger partial charge in [-0.25, -0.2) is 23.8 Å². The van der Waals surface area contributed by atoms with Crippen molar-refractivity contribution < 1.29 is 33.4 Å². The summed E-state index contributed by atoms with van der Waals surface area (Å²) in [7, 11) is 2.68. The summed E-state index contributed by atoms with van der Waals surface area (Å²) in [5.41, 5.74) is 1.87. The first-order chi connectivity index (χ1) is 23.2. The number of halogens is 2. The lowest BCUT2D eigenvalue weighted by molar-refractivity contribution is -0.136. The number of esters is 1. The highest BCUT2D eigenvalue weighted by Gasteiger charge is 2.41. The predicted octanol–water partition coefficient (Wildman–Crippen LogP) is 3.63. The summed E-state index contributed by atoms with van der Waals surface area (Å²) in [6, 6.07) is 7.47. The molecule has 0 unspecified atom stereocenters. The predicted molar refractivity (Wildman–Crippen MR) is 176 cm³/mol. The Morgan fingerprint density at radius 3 is 2.73 bits per heavy atom. The third kappa shape index (κ3) is 6.70. The van der Waals surface area contributed by atoms with Gasteiger partial charge < -0.3 is 29.7 Å². The summed E-state index contributed by atoms with van der Waals surface area (Å²) < 4.78 is 24.3. The number of fused-ring (bicyclic) bond motifs is 1. The number of carbonyl (C=O) groups excluding carboxylic acids is 2. The molecule has 15 heteroatoms. The molecule has 2 fully saturated rings. The molecule has 248 valence electrons. The number of aliphatic imine (C=N–C) groups is 1. The Labute approximate surface area is 284 Å². The summed E-state index contributed by atoms with van der Waals surface area (Å²) in [5, 5.41) is 15.2. The number of nitrogens with one attached hydrogen (secondary N) is 1. The minimum absolute atomic E-state index is 0.0403. The summed E-state index contributed by atoms with van der Waals surface area (Å²) in [6.07, 6.45) is 1.65. The first kappa shape index (κ1) is 33.0. The number of ether oxygens (including phenoxy) is 2. The quantitative estimate of drug-likeness (QED) is 0.268. The molecule has 2 amide bonds. The molecule has 48 heavy (non-hydrogen) atoms. The zero-order valence-electron chi connectivity index (χ0n) is 25.9. The number of hydrogen-bond acceptors (Lipinski definition) is 10. The van der Waals surface area contributed by atoms with Gasteiger partial charge in [0, 0.05) is 66.1 Å². The largest absolute Gasteiger partial charge is 0.496 e. The van der Waals surface area contributed by atoms with Crippen LogP contribution < -0.4 is 10.1 Å². The molecule has 4 heterocycles. The molecule has 0 aliphatic carbocycles. The van der Waals surface area contributed by atoms with E-state index in [0.717, 1.165) is 0 Å². The second kappa shape index (κ2) is 14.0. The second-order valence-corrected chi connectivity index (χ2v) is 12.5. The first-order valence-electron chi connectivity index (χ1n) is 14.9. The van der Waals surface area contributed by atoms with Gasteiger partial charge in [0.15, 0.2) is 10.8 Å². The molecule has 3 aromatic rings. The van der Waals surface area contributed by atoms with Crippen molar-refractivity contribution in [3.8, 4) is 17.6 Å². The first-order valence-corrected chi connectivity index (χ1v) is 16.1. The third-order valence-corrected chi connectivity index (χ3v) is 9.36. The average Bonchev–Trinajstić information content (AvgIpc) is 3.72. The maximum atomic E-state index is 14.0. The Hall–Kier alpha value is -4.97. The fourth-order valence-electron chi connectivity index (χ4n) is 5.99. The molecule has 2 saturated heterocycles. The van der Waals surface area contributed by atoms with Crippen LogP contribution in [0.15, 0.2) is 64.2 Å². The second-order valence-electron chi connectivity index (χ2n) is 11.2. The van der Waals surface area contributed by atoms with Gasteiger partial charge in [0.05, 0.1) is 32.4 Å². The zero-order chi connectivity index (χ0) is 33.9. The maximum Gasteiger partial charge on any atom is 0.339 e. The standard InChI is InChI=1S/C33H30ClFN6O6S/c1-46-26-14-19(5-7-23(26)31(42)43)4-3-10-40-17-21-16-39(11-12-41(21)33(40)45)18-25-27(32(44)47-2)28(22-8-6-20(35)15-24(22)34)38-29(37-25)30-36-9-13-48-30/h5-9,13-15,21,28H,10-12,16-18H2,1-2H3,(H,37,38)(H,42,43)/t21-,28-/m0/s1. The van der Waals surface area contributed by atoms with Crippen LogP contribution >= 0.6 is 22.9 Å². The van der Waals surface area contributed by atoms with E-state index in [4.69, 9.17) is 26.1 Å². The zero-order valence-corrected chi connectivity index (χ0v) is 27.5. The number of aromatic nitrogens is 1. The lowest BCUT2D eigenvalue weighted by Gasteiger charge is -2.38. The minimum Gasteiger partial charge on any atom is -0.496 e. The molecule has 3 aliphatic rings. The molecule has 0 radical (unpaired) electrons. The molecule has 0 saturated carbocycles. The third-order valence-electron chi connectivity index (χ3n) is 8.25. The molecule has 12 nitrogen and oxygen atoms in total. The van der Waals surface area contributed by atoms with Gasteiger partial charge in [0.25, 0.3) is 0 Å². The molecule has 6 rings (SSSR count). The molecule has 0 bridgehead atoms. The van der Waals surface area contributed by atoms with Gasteiger partial charge in [-0.1, -0.05) is 29.5 Å². The highest BCUT2D eigenvalue weighted by atomic mass is 35.5. The van der Waals surface area contributed by atoms with E-state index in [0.29, 0.717) is 60.4 Å². The van der Waals surface area contributed by atoms with E-state index in [1.165, 1.54) is 49.8 Å². The number of urea groups is 1. The van der Waals surface area contributed by atoms with E-state index in [1.54, 1.807) is 23.2 Å². The molecule has 2 N–H and O–H groups in total. The van der Waals surface area contributed by atoms with Crippen LogP contribution in [0.5, 0.6) is 5.75 Å². The van der Waals surface area contributed by atoms with Gasteiger partial charge in [0.1, 0.15) is 23.2 Å². The number of carboxylic acid groups (broad SMARTS) is 1. The van der Waals surface area contributed by atoms with Crippen molar-refractivity contribution in [1.29, 1.82) is 0 Å². The monoisotopic (exact) mass is 692 g/mol. The Bertz CT molecular complexity index is 1890. The summed E-state index contributed by atoms with van der Waals surface area (Å²) in [5.74, 6) is 4.47. The highest BCUT2D eigenvalue weighted by molar-refractivity contribution is 7.11. The number of amides is 2. The van der Waals surface area contributed by atoms with Gasteiger partial charge in [0.2, 0.25) is 0 Å². The van der Waals surface area contributed by atoms with E-state index in [9.17, 15) is 23.9 Å². The lowest BCUT2D eigenvalue weighted by Crippen LogP contribution is -2.53. The lowest BCUT2D eigenvalue weighted by atomic mass is 9.95. The van der Waals surface area contributed by atoms with Gasteiger partial charge >= 0.3 is 18.0 Å². The highest BCUT2D eigenvalue weighted by Crippen LogP contribution is 2.37. The number of methoxy groups -OCH3 is 2. The van der Waals surface area contributed by atoms with E-state index in [2.05, 4.69) is 27.0 Å². The van der Waals surface area contributed by atoms with Crippen molar-refractivity contribution in [1.82, 2.24) is 25.0 Å². The summed E-state index contributed by atoms with van der Waals surface area (Å²) in [6.45, 7) is 2.53. The Kier molecular flexibility index (Phi) is 9.63. The Morgan fingerprint density at radius 1 is 1.19 bits per heavy atom. The molecule has 2 atom stereocenters. The van der Waals surface area contributed by atoms with Crippen LogP contribution in [0.25, 0.3) is 0 Å². The Morgan fingerprint density at radius 2 is 2.02 bits per heavy atom. The molecule has 0 spiro atoms. The van der Waals surface area contributed by atoms with Crippen molar-refractivity contribution in [2.75, 3.05) is 53.5 Å². The van der Waals surface area contributed by atoms with Crippen LogP contribution in [0.4, 0.5) is 9.18 Å². The van der Waals surface area contributed by atoms with Crippen LogP contribution in [0.1, 0.15) is 32.5 Å². The molecular weight excluding hydrogens is 663 g/mol. The Balaban J connectivity index is 1.20. The fourth-order valence-corrected chi connectivity index (χ4v) is 6.85. The molecule has 1 aromatic heterocycles. The summed E-state index contributed by atoms with van der Waals surface area (Å²) >= 11 is 7.85. The van der Waals surface area contributed by atoms with Crippen LogP contribution in [0.2, 0.25) is 5.02 Å². The normalized spacial score (nSPS) is 19.2. The topological polar surface area (TPSA) is 137 Å². The van der Waals surface area contributed by atoms with Crippen molar-refractivity contribution in [3.05, 3.63) is 91.8 Å². The van der Waals surface area contributed by atoms with E-state index >= 15 is 0 Å². The van der Waals surface area contributed by atoms with E-state index in [1.807, 2.05) is 10.3 Å². The van der Waals surface area contributed by atoms with E-state index in [-0.39, 0.29) is 40.5 Å². The number of thiazole rings is 1. The SMILES string of the molecule is COC(=O)C1=C(CN2CCN3C(=O)N(CC#Cc4ccc(C(=O)O)c(OC)c4)C[C@@H]3C2)NC(c2nccs2)=N[C@H]1c1ccc(F)cc1Cl. The number of aromatic carboxylic acids is 1. The maximum absolute atomic E-state index is 14.0. The van der Waals surface area contributed by atoms with Crippen LogP contribution in [-0.2, 0) is 9.53 Å². The minimum atomic E-state index is -1.10. The van der Waals surface area contributed by atoms with Crippen LogP contribution in [-0.4, -0.2) is 108 Å². The number of carbonyl (C=O) groups is 3. The van der Waals surface area contributed by atoms with Crippen molar-refractivity contribution >= 4 is 46.7 Å². The van der Waals surface area contributed by atoms with Gasteiger partial charge in [-0.3, -0.25) is 9.89 Å². The van der Waals surface area contributed by atoms with E-state index < -0.39 is 23.8 Å². The van der Waals surface area contributed by atoms with Crippen molar-refractivity contribution in [2.24, 2.45) is 4.99 Å². The van der Waals surface area contributed by atoms with Gasteiger partial charge in [-0.2, -0.15) is 0 Å². The number of piperazine rings is 1. The average molecular weight is 693 g/mol. The number of carboxylic acids is 1. The molecule has 3 aliphatic heterocycles. The van der Waals surface area contributed by atoms with Crippen LogP contribution in [0, 0.1) is 17.7 Å². The number of rotatable bonds is 8. The van der Waals surface area contributed by atoms with Crippen molar-refractivity contribution in [2.45, 2.75) is 12.1 Å². The summed E-state index contributed by atoms with van der Waals surface area (Å²) in [4.78, 5) is 52.7. The van der Waals surface area contributed by atoms with Gasteiger partial charge in [-0.15, -0.1) is 11.3 Å². The number of nitrogens with zero attached hydrogens (tertiary/aromatic N) is 5. The fraction of sp³-hybridized carbons (Fsp3) is 0.303. The number of hydrogen-bond donors (Lipinski definition) is 2.